The molecule has 3 amide bonds. The molecule has 1 aromatic carbocycles. The third-order valence-electron chi connectivity index (χ3n) is 9.00. The molecule has 0 spiro atoms. The van der Waals surface area contributed by atoms with E-state index in [2.05, 4.69) is 46.5 Å². The number of carbonyl (C=O) groups excluding carboxylic acids is 3. The van der Waals surface area contributed by atoms with Gasteiger partial charge in [0.1, 0.15) is 12.1 Å². The Labute approximate surface area is 242 Å². The van der Waals surface area contributed by atoms with Crippen molar-refractivity contribution in [2.45, 2.75) is 77.8 Å². The van der Waals surface area contributed by atoms with Crippen LogP contribution in [0.3, 0.4) is 0 Å². The van der Waals surface area contributed by atoms with Gasteiger partial charge in [0.15, 0.2) is 6.61 Å². The van der Waals surface area contributed by atoms with E-state index in [1.54, 1.807) is 16.8 Å². The van der Waals surface area contributed by atoms with Crippen molar-refractivity contribution in [3.63, 3.8) is 0 Å². The van der Waals surface area contributed by atoms with E-state index in [-0.39, 0.29) is 54.2 Å². The van der Waals surface area contributed by atoms with Gasteiger partial charge in [-0.25, -0.2) is 4.68 Å². The number of aromatic nitrogens is 4. The van der Waals surface area contributed by atoms with Gasteiger partial charge in [0.25, 0.3) is 5.91 Å². The lowest BCUT2D eigenvalue weighted by molar-refractivity contribution is -0.147. The first-order valence-electron chi connectivity index (χ1n) is 15.1. The monoisotopic (exact) mass is 565 g/mol. The Balaban J connectivity index is 1.21. The second kappa shape index (κ2) is 13.0. The highest BCUT2D eigenvalue weighted by atomic mass is 16.5. The van der Waals surface area contributed by atoms with E-state index in [1.807, 2.05) is 17.0 Å². The molecule has 3 saturated heterocycles. The van der Waals surface area contributed by atoms with Crippen molar-refractivity contribution >= 4 is 17.7 Å². The zero-order valence-corrected chi connectivity index (χ0v) is 24.4. The highest BCUT2D eigenvalue weighted by Crippen LogP contribution is 2.36. The maximum Gasteiger partial charge on any atom is 0.260 e. The molecule has 5 atom stereocenters. The van der Waals surface area contributed by atoms with Crippen molar-refractivity contribution in [3.05, 3.63) is 30.6 Å². The molecular weight excluding hydrogens is 522 g/mol. The summed E-state index contributed by atoms with van der Waals surface area (Å²) in [5, 5.41) is 14.4. The predicted molar refractivity (Wildman–Crippen MR) is 152 cm³/mol. The van der Waals surface area contributed by atoms with Gasteiger partial charge in [0.2, 0.25) is 11.8 Å². The number of benzene rings is 1. The maximum atomic E-state index is 13.6. The van der Waals surface area contributed by atoms with Crippen LogP contribution in [0.4, 0.5) is 0 Å². The molecule has 1 aromatic heterocycles. The maximum absolute atomic E-state index is 13.6. The van der Waals surface area contributed by atoms with Crippen LogP contribution in [0.25, 0.3) is 5.69 Å². The summed E-state index contributed by atoms with van der Waals surface area (Å²) in [4.78, 5) is 43.6. The van der Waals surface area contributed by atoms with Crippen LogP contribution in [0.2, 0.25) is 0 Å². The Hall–Kier alpha value is -3.50. The minimum absolute atomic E-state index is 0.0360. The molecule has 11 heteroatoms. The van der Waals surface area contributed by atoms with Crippen LogP contribution < -0.4 is 10.1 Å². The molecule has 11 nitrogen and oxygen atoms in total. The minimum atomic E-state index is -0.0404. The van der Waals surface area contributed by atoms with Crippen LogP contribution in [0.1, 0.15) is 65.7 Å². The van der Waals surface area contributed by atoms with E-state index in [4.69, 9.17) is 4.74 Å². The molecule has 0 unspecified atom stereocenters. The zero-order chi connectivity index (χ0) is 28.9. The summed E-state index contributed by atoms with van der Waals surface area (Å²) in [6.45, 7) is 8.33. The molecule has 1 N–H and O–H groups in total. The molecule has 0 radical (unpaired) electrons. The average Bonchev–Trinajstić information content (AvgIpc) is 3.49. The second-order valence-electron chi connectivity index (χ2n) is 12.5. The number of rotatable bonds is 5. The number of piperidine rings is 2. The van der Waals surface area contributed by atoms with Crippen LogP contribution in [0, 0.1) is 23.7 Å². The van der Waals surface area contributed by atoms with E-state index >= 15 is 0 Å². The number of hydrogen-bond acceptors (Lipinski definition) is 7. The summed E-state index contributed by atoms with van der Waals surface area (Å²) in [6, 6.07) is 7.47. The molecule has 2 bridgehead atoms. The van der Waals surface area contributed by atoms with Gasteiger partial charge in [-0.1, -0.05) is 20.8 Å². The van der Waals surface area contributed by atoms with E-state index in [0.717, 1.165) is 37.8 Å². The quantitative estimate of drug-likeness (QED) is 0.592. The third-order valence-corrected chi connectivity index (χ3v) is 9.00. The topological polar surface area (TPSA) is 123 Å². The molecule has 0 saturated carbocycles. The SMILES string of the molecule is CC(C)[C@@H]1CC[C@@H](C)CC(=O)N2C[C@H]3C[C@H](CN(C(=O)COc4ccc(-n5cnnn5)cc4)C3)[C@@H]2CCCC(=O)N1. The van der Waals surface area contributed by atoms with Crippen molar-refractivity contribution in [2.24, 2.45) is 23.7 Å². The van der Waals surface area contributed by atoms with Crippen LogP contribution in [0.15, 0.2) is 30.6 Å². The molecule has 2 aromatic rings. The number of likely N-dealkylation sites (tertiary alicyclic amines) is 1. The van der Waals surface area contributed by atoms with Gasteiger partial charge in [0.05, 0.1) is 5.69 Å². The van der Waals surface area contributed by atoms with Gasteiger partial charge in [-0.3, -0.25) is 14.4 Å². The summed E-state index contributed by atoms with van der Waals surface area (Å²) in [5.41, 5.74) is 0.802. The molecule has 3 aliphatic rings. The Morgan fingerprint density at radius 1 is 1.10 bits per heavy atom. The van der Waals surface area contributed by atoms with Crippen LogP contribution in [-0.4, -0.2) is 86.1 Å². The summed E-state index contributed by atoms with van der Waals surface area (Å²) in [5.74, 6) is 1.98. The molecule has 222 valence electrons. The van der Waals surface area contributed by atoms with Gasteiger partial charge < -0.3 is 19.9 Å². The van der Waals surface area contributed by atoms with Gasteiger partial charge in [0, 0.05) is 44.6 Å². The van der Waals surface area contributed by atoms with Gasteiger partial charge in [-0.2, -0.15) is 0 Å². The van der Waals surface area contributed by atoms with Gasteiger partial charge in [-0.15, -0.1) is 5.10 Å². The van der Waals surface area contributed by atoms with E-state index < -0.39 is 0 Å². The summed E-state index contributed by atoms with van der Waals surface area (Å²) in [7, 11) is 0. The first-order valence-corrected chi connectivity index (χ1v) is 15.1. The standard InChI is InChI=1S/C30H43N7O4/c1-20(2)26-12-7-21(3)13-29(39)36-16-22-14-23(27(36)5-4-6-28(38)32-26)17-35(15-22)30(40)18-41-25-10-8-24(9-11-25)37-19-31-33-34-37/h8-11,19-23,26-27H,4-7,12-18H2,1-3H3,(H,32,38)/t21-,22+,23-,26+,27+/m1/s1. The molecule has 4 heterocycles. The lowest BCUT2D eigenvalue weighted by atomic mass is 9.77. The lowest BCUT2D eigenvalue weighted by Crippen LogP contribution is -2.60. The number of tetrazole rings is 1. The van der Waals surface area contributed by atoms with Gasteiger partial charge in [-0.05, 0) is 90.5 Å². The van der Waals surface area contributed by atoms with E-state index in [9.17, 15) is 14.4 Å². The molecule has 41 heavy (non-hydrogen) atoms. The number of nitrogens with one attached hydrogen (secondary N) is 1. The van der Waals surface area contributed by atoms with Crippen molar-refractivity contribution in [3.8, 4) is 11.4 Å². The highest BCUT2D eigenvalue weighted by molar-refractivity contribution is 5.79. The second-order valence-corrected chi connectivity index (χ2v) is 12.5. The Morgan fingerprint density at radius 3 is 2.63 bits per heavy atom. The first-order chi connectivity index (χ1) is 19.8. The summed E-state index contributed by atoms with van der Waals surface area (Å²) < 4.78 is 7.38. The summed E-state index contributed by atoms with van der Waals surface area (Å²) >= 11 is 0. The largest absolute Gasteiger partial charge is 0.484 e. The number of amides is 3. The number of ether oxygens (including phenoxy) is 1. The van der Waals surface area contributed by atoms with E-state index in [1.165, 1.54) is 6.33 Å². The average molecular weight is 566 g/mol. The fourth-order valence-electron chi connectivity index (χ4n) is 6.72. The normalized spacial score (nSPS) is 27.8. The molecule has 5 rings (SSSR count). The Kier molecular flexibility index (Phi) is 9.19. The van der Waals surface area contributed by atoms with Crippen molar-refractivity contribution in [1.82, 2.24) is 35.3 Å². The predicted octanol–water partition coefficient (Wildman–Crippen LogP) is 2.85. The fourth-order valence-corrected chi connectivity index (χ4v) is 6.72. The Morgan fingerprint density at radius 2 is 1.90 bits per heavy atom. The molecule has 3 aliphatic heterocycles. The fraction of sp³-hybridized carbons (Fsp3) is 0.667. The lowest BCUT2D eigenvalue weighted by Gasteiger charge is -2.51. The highest BCUT2D eigenvalue weighted by Gasteiger charge is 2.43. The molecular formula is C30H43N7O4. The van der Waals surface area contributed by atoms with Crippen LogP contribution in [-0.2, 0) is 14.4 Å². The van der Waals surface area contributed by atoms with Crippen LogP contribution in [0.5, 0.6) is 5.75 Å². The number of carbonyl (C=O) groups is 3. The number of nitrogens with zero attached hydrogens (tertiary/aromatic N) is 6. The minimum Gasteiger partial charge on any atom is -0.484 e. The summed E-state index contributed by atoms with van der Waals surface area (Å²) in [6.07, 6.45) is 6.87. The van der Waals surface area contributed by atoms with Crippen LogP contribution >= 0.6 is 0 Å². The van der Waals surface area contributed by atoms with Crippen molar-refractivity contribution in [1.29, 1.82) is 0 Å². The van der Waals surface area contributed by atoms with Crippen molar-refractivity contribution in [2.75, 3.05) is 26.2 Å². The zero-order valence-electron chi connectivity index (χ0n) is 24.4. The first kappa shape index (κ1) is 29.0. The molecule has 3 fully saturated rings. The van der Waals surface area contributed by atoms with Gasteiger partial charge >= 0.3 is 0 Å². The number of hydrogen-bond donors (Lipinski definition) is 1. The third kappa shape index (κ3) is 7.23. The smallest absolute Gasteiger partial charge is 0.260 e. The van der Waals surface area contributed by atoms with E-state index in [0.29, 0.717) is 44.1 Å². The molecule has 0 aliphatic carbocycles. The Bertz CT molecular complexity index is 1190. The number of fused-ring (bicyclic) bond motifs is 4. The van der Waals surface area contributed by atoms with Crippen molar-refractivity contribution < 1.29 is 19.1 Å².